The smallest absolute Gasteiger partial charge is 0.212 e. The minimum absolute atomic E-state index is 0.807. The van der Waals surface area contributed by atoms with Gasteiger partial charge in [0.05, 0.1) is 26.4 Å². The summed E-state index contributed by atoms with van der Waals surface area (Å²) in [6.45, 7) is 9.11. The summed E-state index contributed by atoms with van der Waals surface area (Å²) in [7, 11) is 0. The van der Waals surface area contributed by atoms with Gasteiger partial charge in [0, 0.05) is 97.6 Å². The number of aromatic nitrogens is 2. The number of para-hydroxylation sites is 2. The molecule has 286 valence electrons. The summed E-state index contributed by atoms with van der Waals surface area (Å²) in [5.41, 5.74) is 10.1. The number of aryl methyl sites for hydroxylation is 2. The van der Waals surface area contributed by atoms with Gasteiger partial charge in [0.15, 0.2) is 0 Å². The number of hydrogen-bond donors (Lipinski definition) is 0. The minimum Gasteiger partial charge on any atom is -0.378 e. The van der Waals surface area contributed by atoms with Crippen molar-refractivity contribution in [3.05, 3.63) is 144 Å². The van der Waals surface area contributed by atoms with Crippen LogP contribution < -0.4 is 18.9 Å². The van der Waals surface area contributed by atoms with E-state index >= 15 is 0 Å². The topological polar surface area (TPSA) is 32.7 Å². The molecular weight excluding hydrogens is 689 g/mol. The second-order valence-corrected chi connectivity index (χ2v) is 15.1. The molecule has 0 saturated carbocycles. The summed E-state index contributed by atoms with van der Waals surface area (Å²) in [5, 5.41) is 2.59. The molecular formula is C50H56N4O2+2. The fraction of sp³-hybridized carbons (Fsp3) is 0.320. The van der Waals surface area contributed by atoms with Crippen LogP contribution in [0.4, 0.5) is 11.4 Å². The Morgan fingerprint density at radius 3 is 1.23 bits per heavy atom. The van der Waals surface area contributed by atoms with Crippen molar-refractivity contribution in [3.8, 4) is 0 Å². The van der Waals surface area contributed by atoms with E-state index in [1.165, 1.54) is 94.2 Å². The van der Waals surface area contributed by atoms with E-state index < -0.39 is 0 Å². The van der Waals surface area contributed by atoms with Gasteiger partial charge in [-0.2, -0.15) is 9.13 Å². The first-order valence-electron chi connectivity index (χ1n) is 20.8. The normalized spacial score (nSPS) is 15.1. The van der Waals surface area contributed by atoms with E-state index in [0.717, 1.165) is 65.7 Å². The Bertz CT molecular complexity index is 2070. The molecule has 2 fully saturated rings. The highest BCUT2D eigenvalue weighted by molar-refractivity contribution is 5.78. The van der Waals surface area contributed by atoms with Crippen LogP contribution in [0.1, 0.15) is 61.0 Å². The molecule has 56 heavy (non-hydrogen) atoms. The highest BCUT2D eigenvalue weighted by Crippen LogP contribution is 2.21. The molecule has 4 heterocycles. The van der Waals surface area contributed by atoms with Crippen LogP contribution in [0.15, 0.2) is 121 Å². The van der Waals surface area contributed by atoms with Crippen LogP contribution in [-0.2, 0) is 22.6 Å². The van der Waals surface area contributed by atoms with Gasteiger partial charge in [0.2, 0.25) is 22.4 Å². The first-order chi connectivity index (χ1) is 27.8. The molecule has 4 aromatic carbocycles. The Labute approximate surface area is 332 Å². The molecule has 0 spiro atoms. The first kappa shape index (κ1) is 37.6. The minimum atomic E-state index is 0.807. The number of unbranched alkanes of at least 4 members (excludes halogenated alkanes) is 5. The fourth-order valence-electron chi connectivity index (χ4n) is 8.19. The number of pyridine rings is 2. The molecule has 6 heteroatoms. The van der Waals surface area contributed by atoms with Crippen LogP contribution in [0.25, 0.3) is 46.1 Å². The summed E-state index contributed by atoms with van der Waals surface area (Å²) in [4.78, 5) is 4.81. The van der Waals surface area contributed by atoms with Crippen LogP contribution in [0, 0.1) is 0 Å². The third kappa shape index (κ3) is 9.55. The quantitative estimate of drug-likeness (QED) is 0.0775. The molecule has 0 atom stereocenters. The van der Waals surface area contributed by atoms with Crippen molar-refractivity contribution in [2.45, 2.75) is 51.6 Å². The highest BCUT2D eigenvalue weighted by atomic mass is 16.5. The number of anilines is 2. The molecule has 0 unspecified atom stereocenters. The van der Waals surface area contributed by atoms with E-state index in [9.17, 15) is 0 Å². The number of ether oxygens (including phenoxy) is 2. The molecule has 2 aliphatic rings. The number of fused-ring (bicyclic) bond motifs is 2. The van der Waals surface area contributed by atoms with Gasteiger partial charge in [0.1, 0.15) is 13.1 Å². The third-order valence-electron chi connectivity index (χ3n) is 11.4. The molecule has 0 aliphatic carbocycles. The molecule has 2 aliphatic heterocycles. The molecule has 0 bridgehead atoms. The molecule has 0 N–H and O–H groups in total. The maximum absolute atomic E-state index is 5.53. The lowest BCUT2D eigenvalue weighted by molar-refractivity contribution is -0.673. The van der Waals surface area contributed by atoms with Crippen molar-refractivity contribution < 1.29 is 18.6 Å². The van der Waals surface area contributed by atoms with E-state index in [0.29, 0.717) is 0 Å². The number of nitrogens with zero attached hydrogens (tertiary/aromatic N) is 4. The predicted molar refractivity (Wildman–Crippen MR) is 233 cm³/mol. The van der Waals surface area contributed by atoms with E-state index in [1.54, 1.807) is 0 Å². The molecule has 2 saturated heterocycles. The molecule has 2 aromatic heterocycles. The van der Waals surface area contributed by atoms with Gasteiger partial charge in [-0.25, -0.2) is 0 Å². The molecule has 0 radical (unpaired) electrons. The average Bonchev–Trinajstić information content (AvgIpc) is 3.27. The number of benzene rings is 4. The van der Waals surface area contributed by atoms with Crippen molar-refractivity contribution in [1.29, 1.82) is 0 Å². The van der Waals surface area contributed by atoms with Crippen molar-refractivity contribution in [2.75, 3.05) is 62.4 Å². The zero-order valence-electron chi connectivity index (χ0n) is 32.8. The van der Waals surface area contributed by atoms with Gasteiger partial charge < -0.3 is 19.3 Å². The summed E-state index contributed by atoms with van der Waals surface area (Å²) in [6, 6.07) is 44.5. The summed E-state index contributed by atoms with van der Waals surface area (Å²) >= 11 is 0. The summed E-state index contributed by atoms with van der Waals surface area (Å²) in [6.07, 6.45) is 16.4. The van der Waals surface area contributed by atoms with Gasteiger partial charge >= 0.3 is 0 Å². The largest absolute Gasteiger partial charge is 0.378 e. The second kappa shape index (κ2) is 19.0. The third-order valence-corrected chi connectivity index (χ3v) is 11.4. The first-order valence-corrected chi connectivity index (χ1v) is 20.8. The van der Waals surface area contributed by atoms with Crippen LogP contribution in [0.5, 0.6) is 0 Å². The van der Waals surface area contributed by atoms with Crippen LogP contribution in [0.3, 0.4) is 0 Å². The van der Waals surface area contributed by atoms with Gasteiger partial charge in [-0.3, -0.25) is 0 Å². The van der Waals surface area contributed by atoms with Gasteiger partial charge in [-0.15, -0.1) is 0 Å². The Kier molecular flexibility index (Phi) is 12.8. The Morgan fingerprint density at radius 2 is 0.804 bits per heavy atom. The zero-order chi connectivity index (χ0) is 37.8. The van der Waals surface area contributed by atoms with Crippen molar-refractivity contribution in [2.24, 2.45) is 0 Å². The van der Waals surface area contributed by atoms with E-state index in [1.807, 2.05) is 0 Å². The fourth-order valence-corrected chi connectivity index (χ4v) is 8.19. The Balaban J connectivity index is 0.848. The van der Waals surface area contributed by atoms with Gasteiger partial charge in [-0.1, -0.05) is 61.4 Å². The predicted octanol–water partition coefficient (Wildman–Crippen LogP) is 9.62. The lowest BCUT2D eigenvalue weighted by Gasteiger charge is -2.28. The molecule has 6 aromatic rings. The molecule has 6 nitrogen and oxygen atoms in total. The molecule has 8 rings (SSSR count). The maximum atomic E-state index is 5.53. The number of morpholine rings is 2. The van der Waals surface area contributed by atoms with Gasteiger partial charge in [0.25, 0.3) is 0 Å². The van der Waals surface area contributed by atoms with E-state index in [4.69, 9.17) is 9.47 Å². The Morgan fingerprint density at radius 1 is 0.411 bits per heavy atom. The van der Waals surface area contributed by atoms with Gasteiger partial charge in [-0.05, 0) is 84.7 Å². The Hall–Kier alpha value is -5.30. The SMILES string of the molecule is C(=C\c1ccc2ccccc2[n+]1CCCCCCCC[n+]1c(/C=C/c2ccc(N3CCOCC3)cc2)ccc2ccccc21)/c1ccc(N2CCOCC2)cc1. The van der Waals surface area contributed by atoms with Crippen molar-refractivity contribution >= 4 is 57.5 Å². The van der Waals surface area contributed by atoms with E-state index in [-0.39, 0.29) is 0 Å². The second-order valence-electron chi connectivity index (χ2n) is 15.1. The lowest BCUT2D eigenvalue weighted by atomic mass is 10.1. The summed E-state index contributed by atoms with van der Waals surface area (Å²) < 4.78 is 16.1. The highest BCUT2D eigenvalue weighted by Gasteiger charge is 2.16. The zero-order valence-corrected chi connectivity index (χ0v) is 32.8. The molecule has 0 amide bonds. The monoisotopic (exact) mass is 744 g/mol. The van der Waals surface area contributed by atoms with Crippen LogP contribution >= 0.6 is 0 Å². The van der Waals surface area contributed by atoms with Crippen molar-refractivity contribution in [1.82, 2.24) is 0 Å². The van der Waals surface area contributed by atoms with Crippen molar-refractivity contribution in [3.63, 3.8) is 0 Å². The van der Waals surface area contributed by atoms with Crippen LogP contribution in [0.2, 0.25) is 0 Å². The lowest BCUT2D eigenvalue weighted by Crippen LogP contribution is -2.38. The number of rotatable bonds is 15. The van der Waals surface area contributed by atoms with E-state index in [2.05, 4.69) is 165 Å². The summed E-state index contributed by atoms with van der Waals surface area (Å²) in [5.74, 6) is 0. The average molecular weight is 745 g/mol. The maximum Gasteiger partial charge on any atom is 0.212 e. The van der Waals surface area contributed by atoms with Crippen LogP contribution in [-0.4, -0.2) is 52.6 Å². The standard InChI is InChI=1S/C50H56N4O2/c1(3-9-31-53-47(29-21-43-11-5-7-13-49(43)53)27-19-41-15-23-45(24-16-41)51-33-37-55-38-34-51)2-4-10-32-54-48(30-22-44-12-6-8-14-50(44)54)28-20-42-17-25-46(26-18-42)52-35-39-56-40-36-52/h5-8,11-30H,1-4,9-10,31-40H2/q+2. The number of hydrogen-bond acceptors (Lipinski definition) is 4.